The normalized spacial score (nSPS) is 13.7. The number of hydrogen-bond acceptors (Lipinski definition) is 6. The molecule has 40 heavy (non-hydrogen) atoms. The molecule has 1 rings (SSSR count). The number of carbonyl (C=O) groups excluding carboxylic acids is 4. The first-order valence-electron chi connectivity index (χ1n) is 15.1. The van der Waals surface area contributed by atoms with Gasteiger partial charge in [-0.1, -0.05) is 72.8 Å². The number of amides is 3. The third kappa shape index (κ3) is 33.8. The summed E-state index contributed by atoms with van der Waals surface area (Å²) < 4.78 is 0. The Morgan fingerprint density at radius 1 is 1.00 bits per heavy atom. The van der Waals surface area contributed by atoms with Crippen LogP contribution in [0.1, 0.15) is 112 Å². The van der Waals surface area contributed by atoms with Gasteiger partial charge >= 0.3 is 0 Å². The van der Waals surface area contributed by atoms with Crippen molar-refractivity contribution < 1.29 is 24.3 Å². The van der Waals surface area contributed by atoms with Crippen LogP contribution in [0.25, 0.3) is 0 Å². The van der Waals surface area contributed by atoms with Gasteiger partial charge < -0.3 is 26.8 Å². The van der Waals surface area contributed by atoms with Gasteiger partial charge in [-0.05, 0) is 64.3 Å². The first-order valence-corrected chi connectivity index (χ1v) is 15.1. The summed E-state index contributed by atoms with van der Waals surface area (Å²) in [4.78, 5) is 40.7. The van der Waals surface area contributed by atoms with Crippen LogP contribution in [0, 0.1) is 17.8 Å². The van der Waals surface area contributed by atoms with E-state index in [2.05, 4.69) is 56.1 Å². The molecule has 3 amide bonds. The molecule has 0 radical (unpaired) electrons. The summed E-state index contributed by atoms with van der Waals surface area (Å²) >= 11 is 0. The van der Waals surface area contributed by atoms with Crippen LogP contribution in [0.3, 0.4) is 0 Å². The molecule has 0 spiro atoms. The van der Waals surface area contributed by atoms with Crippen molar-refractivity contribution in [1.82, 2.24) is 16.0 Å². The summed E-state index contributed by atoms with van der Waals surface area (Å²) in [6, 6.07) is 0.521. The van der Waals surface area contributed by atoms with Crippen molar-refractivity contribution in [2.24, 2.45) is 23.5 Å². The quantitative estimate of drug-likeness (QED) is 0.102. The minimum Gasteiger partial charge on any atom is -0.400 e. The molecule has 0 heterocycles. The van der Waals surface area contributed by atoms with Gasteiger partial charge in [0.15, 0.2) is 0 Å². The molecule has 9 heteroatoms. The first kappa shape index (κ1) is 47.5. The molecule has 1 fully saturated rings. The van der Waals surface area contributed by atoms with E-state index in [1.54, 1.807) is 13.0 Å². The largest absolute Gasteiger partial charge is 0.400 e. The average Bonchev–Trinajstić information content (AvgIpc) is 2.98. The van der Waals surface area contributed by atoms with Crippen molar-refractivity contribution in [1.29, 1.82) is 0 Å². The number of hydrogen-bond donors (Lipinski definition) is 5. The Balaban J connectivity index is -0.000000211. The zero-order valence-corrected chi connectivity index (χ0v) is 27.2. The molecule has 240 valence electrons. The minimum absolute atomic E-state index is 0.172. The van der Waals surface area contributed by atoms with Crippen LogP contribution in [0.5, 0.6) is 0 Å². The van der Waals surface area contributed by atoms with E-state index in [-0.39, 0.29) is 12.3 Å². The molecule has 1 saturated carbocycles. The van der Waals surface area contributed by atoms with Gasteiger partial charge in [0, 0.05) is 32.2 Å². The molecule has 1 aliphatic carbocycles. The van der Waals surface area contributed by atoms with Gasteiger partial charge in [-0.25, -0.2) is 0 Å². The standard InChI is InChI=1S/C20H38N2O2.C4H7NO.C3H8.C2H6.CH3NO.CH4O/c1-4-9-19(16(2)24)18(12-8-13-22-15-23)14-20(21-3)17-10-6-5-7-11-17;1-2-3-5-4-6;1-3-2;1-2;2-1-3;1-2/h15,17-21H,4-14H2,1-3H3,(H,22,23);2,4H,1,3H2,(H,5,6);3H2,1-2H3;1-2H3;1H,(H2,2,3);2H,1H3. The summed E-state index contributed by atoms with van der Waals surface area (Å²) in [5.74, 6) is 1.69. The van der Waals surface area contributed by atoms with Crippen LogP contribution < -0.4 is 21.7 Å². The second-order valence-electron chi connectivity index (χ2n) is 9.17. The monoisotopic (exact) mass is 575 g/mol. The number of aliphatic hydroxyl groups is 1. The van der Waals surface area contributed by atoms with Gasteiger partial charge in [-0.2, -0.15) is 0 Å². The lowest BCUT2D eigenvalue weighted by Gasteiger charge is -2.35. The lowest BCUT2D eigenvalue weighted by Crippen LogP contribution is -2.39. The van der Waals surface area contributed by atoms with E-state index in [9.17, 15) is 14.4 Å². The lowest BCUT2D eigenvalue weighted by molar-refractivity contribution is -0.123. The van der Waals surface area contributed by atoms with Gasteiger partial charge in [0.25, 0.3) is 0 Å². The highest BCUT2D eigenvalue weighted by Gasteiger charge is 2.30. The Kier molecular flexibility index (Phi) is 52.0. The summed E-state index contributed by atoms with van der Waals surface area (Å²) in [6.07, 6.45) is 16.4. The highest BCUT2D eigenvalue weighted by molar-refractivity contribution is 5.78. The van der Waals surface area contributed by atoms with Gasteiger partial charge in [0.2, 0.25) is 19.2 Å². The fourth-order valence-electron chi connectivity index (χ4n) is 4.63. The van der Waals surface area contributed by atoms with Crippen LogP contribution in [0.15, 0.2) is 12.7 Å². The summed E-state index contributed by atoms with van der Waals surface area (Å²) in [6.45, 7) is 16.8. The number of rotatable bonds is 16. The fourth-order valence-corrected chi connectivity index (χ4v) is 4.63. The average molecular weight is 575 g/mol. The van der Waals surface area contributed by atoms with Crippen LogP contribution in [-0.2, 0) is 19.2 Å². The molecule has 0 saturated heterocycles. The van der Waals surface area contributed by atoms with E-state index in [0.29, 0.717) is 37.2 Å². The zero-order valence-electron chi connectivity index (χ0n) is 27.2. The molecule has 3 unspecified atom stereocenters. The number of aliphatic hydroxyl groups excluding tert-OH is 1. The molecule has 0 aliphatic heterocycles. The maximum absolute atomic E-state index is 12.2. The van der Waals surface area contributed by atoms with Gasteiger partial charge in [0.05, 0.1) is 0 Å². The number of primary amides is 1. The summed E-state index contributed by atoms with van der Waals surface area (Å²) in [5.41, 5.74) is 4.17. The van der Waals surface area contributed by atoms with E-state index in [1.807, 2.05) is 13.8 Å². The number of Topliss-reactive ketones (excluding diaryl/α,β-unsaturated/α-hetero) is 1. The van der Waals surface area contributed by atoms with Gasteiger partial charge in [-0.15, -0.1) is 6.58 Å². The van der Waals surface area contributed by atoms with Crippen LogP contribution >= 0.6 is 0 Å². The summed E-state index contributed by atoms with van der Waals surface area (Å²) in [5, 5.41) is 15.7. The minimum atomic E-state index is 0.172. The third-order valence-electron chi connectivity index (χ3n) is 6.16. The van der Waals surface area contributed by atoms with Crippen molar-refractivity contribution in [3.8, 4) is 0 Å². The van der Waals surface area contributed by atoms with E-state index in [1.165, 1.54) is 38.5 Å². The Morgan fingerprint density at radius 2 is 1.50 bits per heavy atom. The Morgan fingerprint density at radius 3 is 1.85 bits per heavy atom. The van der Waals surface area contributed by atoms with E-state index in [0.717, 1.165) is 51.5 Å². The second-order valence-corrected chi connectivity index (χ2v) is 9.17. The molecule has 1 aliphatic rings. The van der Waals surface area contributed by atoms with Crippen molar-refractivity contribution in [3.63, 3.8) is 0 Å². The zero-order chi connectivity index (χ0) is 32.0. The van der Waals surface area contributed by atoms with Crippen molar-refractivity contribution in [2.45, 2.75) is 118 Å². The molecule has 0 aromatic heterocycles. The Hall–Kier alpha value is -2.26. The maximum atomic E-state index is 12.2. The molecule has 0 aromatic rings. The summed E-state index contributed by atoms with van der Waals surface area (Å²) in [7, 11) is 3.08. The van der Waals surface area contributed by atoms with Crippen LogP contribution in [0.4, 0.5) is 0 Å². The smallest absolute Gasteiger partial charge is 0.207 e. The molecule has 9 nitrogen and oxygen atoms in total. The number of carbonyl (C=O) groups is 4. The predicted octanol–water partition coefficient (Wildman–Crippen LogP) is 4.76. The number of nitrogens with one attached hydrogen (secondary N) is 3. The highest BCUT2D eigenvalue weighted by atomic mass is 16.2. The highest BCUT2D eigenvalue weighted by Crippen LogP contribution is 2.34. The predicted molar refractivity (Wildman–Crippen MR) is 170 cm³/mol. The fraction of sp³-hybridized carbons (Fsp3) is 0.806. The molecular weight excluding hydrogens is 508 g/mol. The SMILES string of the molecule is C=CCNC=O.CC.CCC.CCCC(C(C)=O)C(CCCNC=O)CC(NC)C1CCCCC1.CO.NC=O. The van der Waals surface area contributed by atoms with Crippen molar-refractivity contribution in [2.75, 3.05) is 27.2 Å². The van der Waals surface area contributed by atoms with Gasteiger partial charge in [-0.3, -0.25) is 19.2 Å². The Labute approximate surface area is 246 Å². The van der Waals surface area contributed by atoms with Crippen molar-refractivity contribution >= 4 is 25.0 Å². The molecule has 3 atom stereocenters. The number of nitrogens with two attached hydrogens (primary N) is 1. The molecule has 6 N–H and O–H groups in total. The third-order valence-corrected chi connectivity index (χ3v) is 6.16. The lowest BCUT2D eigenvalue weighted by atomic mass is 9.74. The number of ketones is 1. The van der Waals surface area contributed by atoms with Crippen LogP contribution in [0.2, 0.25) is 0 Å². The topological polar surface area (TPSA) is 151 Å². The van der Waals surface area contributed by atoms with E-state index >= 15 is 0 Å². The molecular formula is C31H66N4O5. The van der Waals surface area contributed by atoms with Crippen molar-refractivity contribution in [3.05, 3.63) is 12.7 Å². The second kappa shape index (κ2) is 43.8. The Bertz CT molecular complexity index is 522. The maximum Gasteiger partial charge on any atom is 0.207 e. The van der Waals surface area contributed by atoms with Crippen LogP contribution in [-0.4, -0.2) is 63.4 Å². The first-order chi connectivity index (χ1) is 19.4. The van der Waals surface area contributed by atoms with E-state index < -0.39 is 0 Å². The molecule has 0 bridgehead atoms. The van der Waals surface area contributed by atoms with E-state index in [4.69, 9.17) is 9.90 Å². The van der Waals surface area contributed by atoms with Gasteiger partial charge in [0.1, 0.15) is 5.78 Å². The molecule has 0 aromatic carbocycles.